The van der Waals surface area contributed by atoms with Gasteiger partial charge in [0.2, 0.25) is 0 Å². The van der Waals surface area contributed by atoms with Gasteiger partial charge in [-0.1, -0.05) is 12.1 Å². The number of hydrogen-bond acceptors (Lipinski definition) is 3. The summed E-state index contributed by atoms with van der Waals surface area (Å²) < 4.78 is 24.4. The van der Waals surface area contributed by atoms with Crippen LogP contribution in [0.4, 0.5) is 4.39 Å². The number of carbonyl (C=O) groups is 1. The monoisotopic (exact) mass is 315 g/mol. The van der Waals surface area contributed by atoms with Crippen molar-refractivity contribution in [3.63, 3.8) is 0 Å². The van der Waals surface area contributed by atoms with E-state index >= 15 is 0 Å². The molecule has 1 aliphatic heterocycles. The predicted molar refractivity (Wildman–Crippen MR) is 84.4 cm³/mol. The summed E-state index contributed by atoms with van der Waals surface area (Å²) in [7, 11) is 3.18. The lowest BCUT2D eigenvalue weighted by Gasteiger charge is -2.29. The number of amides is 1. The molecular formula is C18H18FNO3. The number of ether oxygens (including phenoxy) is 2. The van der Waals surface area contributed by atoms with Gasteiger partial charge in [-0.2, -0.15) is 0 Å². The van der Waals surface area contributed by atoms with E-state index in [2.05, 4.69) is 0 Å². The van der Waals surface area contributed by atoms with Crippen LogP contribution in [-0.2, 0) is 13.0 Å². The van der Waals surface area contributed by atoms with Gasteiger partial charge in [-0.15, -0.1) is 0 Å². The second-order valence-corrected chi connectivity index (χ2v) is 5.43. The fraction of sp³-hybridized carbons (Fsp3) is 0.278. The van der Waals surface area contributed by atoms with Gasteiger partial charge in [-0.05, 0) is 41.8 Å². The summed E-state index contributed by atoms with van der Waals surface area (Å²) >= 11 is 0. The average molecular weight is 315 g/mol. The van der Waals surface area contributed by atoms with Gasteiger partial charge < -0.3 is 14.4 Å². The van der Waals surface area contributed by atoms with Gasteiger partial charge in [0.25, 0.3) is 5.91 Å². The highest BCUT2D eigenvalue weighted by atomic mass is 19.1. The largest absolute Gasteiger partial charge is 0.493 e. The summed E-state index contributed by atoms with van der Waals surface area (Å²) in [6, 6.07) is 9.89. The van der Waals surface area contributed by atoms with Gasteiger partial charge in [0.05, 0.1) is 19.8 Å². The number of fused-ring (bicyclic) bond motifs is 1. The molecular weight excluding hydrogens is 297 g/mol. The zero-order valence-corrected chi connectivity index (χ0v) is 13.1. The SMILES string of the molecule is COc1cc2c(cc1OC)CN(C(=O)c1ccccc1F)CC2. The Kier molecular flexibility index (Phi) is 4.19. The van der Waals surface area contributed by atoms with Crippen LogP contribution in [0.2, 0.25) is 0 Å². The third kappa shape index (κ3) is 2.86. The van der Waals surface area contributed by atoms with Gasteiger partial charge >= 0.3 is 0 Å². The topological polar surface area (TPSA) is 38.8 Å². The van der Waals surface area contributed by atoms with E-state index in [0.717, 1.165) is 11.1 Å². The molecule has 0 N–H and O–H groups in total. The summed E-state index contributed by atoms with van der Waals surface area (Å²) in [6.07, 6.45) is 0.704. The lowest BCUT2D eigenvalue weighted by Crippen LogP contribution is -2.36. The van der Waals surface area contributed by atoms with E-state index in [0.29, 0.717) is 31.0 Å². The van der Waals surface area contributed by atoms with Crippen LogP contribution in [0.15, 0.2) is 36.4 Å². The molecule has 0 atom stereocenters. The molecule has 0 radical (unpaired) electrons. The van der Waals surface area contributed by atoms with Crippen LogP contribution in [0.3, 0.4) is 0 Å². The predicted octanol–water partition coefficient (Wildman–Crippen LogP) is 3.04. The molecule has 120 valence electrons. The van der Waals surface area contributed by atoms with E-state index in [9.17, 15) is 9.18 Å². The van der Waals surface area contributed by atoms with Crippen molar-refractivity contribution in [2.24, 2.45) is 0 Å². The van der Waals surface area contributed by atoms with Crippen molar-refractivity contribution in [2.45, 2.75) is 13.0 Å². The highest BCUT2D eigenvalue weighted by Gasteiger charge is 2.25. The maximum absolute atomic E-state index is 13.8. The van der Waals surface area contributed by atoms with Crippen LogP contribution >= 0.6 is 0 Å². The quantitative estimate of drug-likeness (QED) is 0.874. The fourth-order valence-electron chi connectivity index (χ4n) is 2.86. The lowest BCUT2D eigenvalue weighted by molar-refractivity contribution is 0.0729. The van der Waals surface area contributed by atoms with E-state index in [-0.39, 0.29) is 11.5 Å². The van der Waals surface area contributed by atoms with Crippen LogP contribution in [-0.4, -0.2) is 31.6 Å². The van der Waals surface area contributed by atoms with Crippen molar-refractivity contribution in [1.29, 1.82) is 0 Å². The lowest BCUT2D eigenvalue weighted by atomic mass is 9.98. The van der Waals surface area contributed by atoms with E-state index in [1.807, 2.05) is 12.1 Å². The maximum Gasteiger partial charge on any atom is 0.257 e. The second kappa shape index (κ2) is 6.28. The first kappa shape index (κ1) is 15.3. The Morgan fingerprint density at radius 1 is 1.09 bits per heavy atom. The first-order chi connectivity index (χ1) is 11.1. The average Bonchev–Trinajstić information content (AvgIpc) is 2.59. The number of rotatable bonds is 3. The van der Waals surface area contributed by atoms with Crippen molar-refractivity contribution in [3.8, 4) is 11.5 Å². The first-order valence-electron chi connectivity index (χ1n) is 7.41. The number of methoxy groups -OCH3 is 2. The molecule has 0 saturated carbocycles. The molecule has 0 aromatic heterocycles. The Hall–Kier alpha value is -2.56. The Bertz CT molecular complexity index is 745. The number of nitrogens with zero attached hydrogens (tertiary/aromatic N) is 1. The van der Waals surface area contributed by atoms with Gasteiger partial charge in [-0.3, -0.25) is 4.79 Å². The molecule has 2 aromatic rings. The van der Waals surface area contributed by atoms with Crippen molar-refractivity contribution in [3.05, 3.63) is 58.9 Å². The van der Waals surface area contributed by atoms with Crippen molar-refractivity contribution >= 4 is 5.91 Å². The zero-order valence-electron chi connectivity index (χ0n) is 13.1. The molecule has 1 amide bonds. The molecule has 3 rings (SSSR count). The highest BCUT2D eigenvalue weighted by molar-refractivity contribution is 5.94. The summed E-state index contributed by atoms with van der Waals surface area (Å²) in [5.41, 5.74) is 2.23. The van der Waals surface area contributed by atoms with Crippen molar-refractivity contribution < 1.29 is 18.7 Å². The Morgan fingerprint density at radius 2 is 1.74 bits per heavy atom. The van der Waals surface area contributed by atoms with E-state index in [1.54, 1.807) is 31.3 Å². The summed E-state index contributed by atoms with van der Waals surface area (Å²) in [6.45, 7) is 0.985. The molecule has 2 aromatic carbocycles. The van der Waals surface area contributed by atoms with Crippen LogP contribution in [0.1, 0.15) is 21.5 Å². The van der Waals surface area contributed by atoms with E-state index in [4.69, 9.17) is 9.47 Å². The Labute approximate surface area is 134 Å². The smallest absolute Gasteiger partial charge is 0.257 e. The molecule has 1 aliphatic rings. The van der Waals surface area contributed by atoms with Gasteiger partial charge in [0.15, 0.2) is 11.5 Å². The summed E-state index contributed by atoms with van der Waals surface area (Å²) in [4.78, 5) is 14.2. The Balaban J connectivity index is 1.88. The molecule has 0 bridgehead atoms. The Morgan fingerprint density at radius 3 is 2.39 bits per heavy atom. The van der Waals surface area contributed by atoms with Gasteiger partial charge in [0, 0.05) is 13.1 Å². The molecule has 4 nitrogen and oxygen atoms in total. The minimum absolute atomic E-state index is 0.108. The molecule has 0 fully saturated rings. The summed E-state index contributed by atoms with van der Waals surface area (Å²) in [5, 5.41) is 0. The third-order valence-electron chi connectivity index (χ3n) is 4.11. The third-order valence-corrected chi connectivity index (χ3v) is 4.11. The molecule has 0 saturated heterocycles. The van der Waals surface area contributed by atoms with Crippen LogP contribution < -0.4 is 9.47 Å². The van der Waals surface area contributed by atoms with Crippen LogP contribution in [0, 0.1) is 5.82 Å². The van der Waals surface area contributed by atoms with Crippen molar-refractivity contribution in [2.75, 3.05) is 20.8 Å². The molecule has 23 heavy (non-hydrogen) atoms. The number of hydrogen-bond donors (Lipinski definition) is 0. The standard InChI is InChI=1S/C18H18FNO3/c1-22-16-9-12-7-8-20(11-13(12)10-17(16)23-2)18(21)14-5-3-4-6-15(14)19/h3-6,9-10H,7-8,11H2,1-2H3. The highest BCUT2D eigenvalue weighted by Crippen LogP contribution is 2.33. The van der Waals surface area contributed by atoms with Gasteiger partial charge in [0.1, 0.15) is 5.82 Å². The van der Waals surface area contributed by atoms with Crippen LogP contribution in [0.25, 0.3) is 0 Å². The van der Waals surface area contributed by atoms with Crippen LogP contribution in [0.5, 0.6) is 11.5 Å². The number of halogens is 1. The molecule has 0 spiro atoms. The van der Waals surface area contributed by atoms with E-state index in [1.165, 1.54) is 12.1 Å². The molecule has 5 heteroatoms. The second-order valence-electron chi connectivity index (χ2n) is 5.43. The number of benzene rings is 2. The molecule has 0 unspecified atom stereocenters. The zero-order chi connectivity index (χ0) is 16.4. The molecule has 0 aliphatic carbocycles. The first-order valence-corrected chi connectivity index (χ1v) is 7.41. The number of carbonyl (C=O) groups excluding carboxylic acids is 1. The van der Waals surface area contributed by atoms with Crippen molar-refractivity contribution in [1.82, 2.24) is 4.90 Å². The van der Waals surface area contributed by atoms with Gasteiger partial charge in [-0.25, -0.2) is 4.39 Å². The molecule has 1 heterocycles. The fourth-order valence-corrected chi connectivity index (χ4v) is 2.86. The minimum atomic E-state index is -0.490. The van der Waals surface area contributed by atoms with E-state index < -0.39 is 5.82 Å². The summed E-state index contributed by atoms with van der Waals surface area (Å²) in [5.74, 6) is 0.533. The normalized spacial score (nSPS) is 13.4. The minimum Gasteiger partial charge on any atom is -0.493 e. The maximum atomic E-state index is 13.8.